The lowest BCUT2D eigenvalue weighted by molar-refractivity contribution is -0.145. The number of nitrogens with one attached hydrogen (secondary N) is 2. The highest BCUT2D eigenvalue weighted by atomic mass is 16.5. The number of amides is 2. The van der Waals surface area contributed by atoms with Gasteiger partial charge in [-0.2, -0.15) is 0 Å². The molecule has 0 aromatic heterocycles. The van der Waals surface area contributed by atoms with Crippen LogP contribution in [0.1, 0.15) is 36.8 Å². The number of methoxy groups -OCH3 is 1. The molecule has 0 aliphatic heterocycles. The average Bonchev–Trinajstić information content (AvgIpc) is 3.16. The predicted molar refractivity (Wildman–Crippen MR) is 127 cm³/mol. The molecule has 0 spiro atoms. The van der Waals surface area contributed by atoms with Crippen molar-refractivity contribution in [3.8, 4) is 11.1 Å². The van der Waals surface area contributed by atoms with Crippen LogP contribution in [0.2, 0.25) is 0 Å². The van der Waals surface area contributed by atoms with Gasteiger partial charge in [-0.1, -0.05) is 54.6 Å². The van der Waals surface area contributed by atoms with Gasteiger partial charge in [0.05, 0.1) is 6.10 Å². The van der Waals surface area contributed by atoms with E-state index in [0.717, 1.165) is 22.3 Å². The van der Waals surface area contributed by atoms with Crippen molar-refractivity contribution in [3.63, 3.8) is 0 Å². The molecule has 2 aromatic rings. The van der Waals surface area contributed by atoms with Crippen LogP contribution < -0.4 is 10.6 Å². The minimum Gasteiger partial charge on any atom is -0.480 e. The Morgan fingerprint density at radius 1 is 1.06 bits per heavy atom. The Kier molecular flexibility index (Phi) is 8.43. The highest BCUT2D eigenvalue weighted by Crippen LogP contribution is 2.44. The quantitative estimate of drug-likeness (QED) is 0.437. The SMILES string of the molecule is C=CCCC(NC(=O)OCC1c2ccccc2-c2ccccc21)C(=O)NC(C(=O)O)C(C)OC. The molecule has 0 saturated carbocycles. The van der Waals surface area contributed by atoms with E-state index in [2.05, 4.69) is 17.2 Å². The molecule has 3 rings (SSSR count). The lowest BCUT2D eigenvalue weighted by atomic mass is 9.98. The van der Waals surface area contributed by atoms with Crippen molar-refractivity contribution in [1.82, 2.24) is 10.6 Å². The molecule has 34 heavy (non-hydrogen) atoms. The number of carboxylic acid groups (broad SMARTS) is 1. The van der Waals surface area contributed by atoms with Crippen molar-refractivity contribution in [3.05, 3.63) is 72.3 Å². The highest BCUT2D eigenvalue weighted by Gasteiger charge is 2.32. The Morgan fingerprint density at radius 2 is 1.65 bits per heavy atom. The van der Waals surface area contributed by atoms with E-state index in [1.165, 1.54) is 14.0 Å². The summed E-state index contributed by atoms with van der Waals surface area (Å²) in [6.45, 7) is 5.29. The molecule has 8 nitrogen and oxygen atoms in total. The summed E-state index contributed by atoms with van der Waals surface area (Å²) >= 11 is 0. The third kappa shape index (κ3) is 5.63. The maximum absolute atomic E-state index is 12.8. The Morgan fingerprint density at radius 3 is 2.18 bits per heavy atom. The monoisotopic (exact) mass is 466 g/mol. The molecule has 2 aromatic carbocycles. The Hall–Kier alpha value is -3.65. The fourth-order valence-electron chi connectivity index (χ4n) is 4.11. The fourth-order valence-corrected chi connectivity index (χ4v) is 4.11. The number of allylic oxidation sites excluding steroid dienone is 1. The van der Waals surface area contributed by atoms with E-state index in [1.54, 1.807) is 6.08 Å². The van der Waals surface area contributed by atoms with Crippen LogP contribution >= 0.6 is 0 Å². The van der Waals surface area contributed by atoms with Crippen molar-refractivity contribution in [2.75, 3.05) is 13.7 Å². The van der Waals surface area contributed by atoms with Gasteiger partial charge < -0.3 is 25.2 Å². The zero-order valence-electron chi connectivity index (χ0n) is 19.3. The largest absolute Gasteiger partial charge is 0.480 e. The Balaban J connectivity index is 1.67. The smallest absolute Gasteiger partial charge is 0.407 e. The van der Waals surface area contributed by atoms with Crippen LogP contribution in [0.25, 0.3) is 11.1 Å². The van der Waals surface area contributed by atoms with Crippen molar-refractivity contribution in [2.24, 2.45) is 0 Å². The second-order valence-electron chi connectivity index (χ2n) is 8.15. The molecular weight excluding hydrogens is 436 g/mol. The lowest BCUT2D eigenvalue weighted by Gasteiger charge is -2.24. The molecule has 0 bridgehead atoms. The zero-order chi connectivity index (χ0) is 24.7. The van der Waals surface area contributed by atoms with Crippen LogP contribution in [0.3, 0.4) is 0 Å². The topological polar surface area (TPSA) is 114 Å². The van der Waals surface area contributed by atoms with Gasteiger partial charge in [-0.3, -0.25) is 4.79 Å². The maximum atomic E-state index is 12.8. The van der Waals surface area contributed by atoms with E-state index >= 15 is 0 Å². The Bertz CT molecular complexity index is 1010. The first-order valence-electron chi connectivity index (χ1n) is 11.2. The summed E-state index contributed by atoms with van der Waals surface area (Å²) in [4.78, 5) is 36.9. The summed E-state index contributed by atoms with van der Waals surface area (Å²) in [5, 5.41) is 14.4. The summed E-state index contributed by atoms with van der Waals surface area (Å²) in [5.41, 5.74) is 4.38. The standard InChI is InChI=1S/C26H30N2O6/c1-4-5-14-22(24(29)28-23(25(30)31)16(2)33-3)27-26(32)34-15-21-19-12-8-6-10-17(19)18-11-7-9-13-20(18)21/h4,6-13,16,21-23H,1,5,14-15H2,2-3H3,(H,27,32)(H,28,29)(H,30,31). The minimum absolute atomic E-state index is 0.105. The highest BCUT2D eigenvalue weighted by molar-refractivity contribution is 5.89. The van der Waals surface area contributed by atoms with Crippen molar-refractivity contribution in [1.29, 1.82) is 0 Å². The van der Waals surface area contributed by atoms with Crippen LogP contribution in [0.15, 0.2) is 61.2 Å². The number of alkyl carbamates (subject to hydrolysis) is 1. The normalized spacial score (nSPS) is 14.8. The molecule has 180 valence electrons. The second-order valence-corrected chi connectivity index (χ2v) is 8.15. The molecule has 3 N–H and O–H groups in total. The van der Waals surface area contributed by atoms with Crippen LogP contribution in [-0.4, -0.2) is 55.0 Å². The van der Waals surface area contributed by atoms with Gasteiger partial charge in [0.2, 0.25) is 5.91 Å². The first kappa shape index (κ1) is 25.0. The number of carboxylic acids is 1. The van der Waals surface area contributed by atoms with Crippen LogP contribution in [0, 0.1) is 0 Å². The Labute approximate surface area is 199 Å². The summed E-state index contributed by atoms with van der Waals surface area (Å²) in [5.74, 6) is -1.98. The van der Waals surface area contributed by atoms with E-state index < -0.39 is 36.2 Å². The number of benzene rings is 2. The van der Waals surface area contributed by atoms with E-state index in [4.69, 9.17) is 9.47 Å². The van der Waals surface area contributed by atoms with E-state index in [9.17, 15) is 19.5 Å². The van der Waals surface area contributed by atoms with Gasteiger partial charge in [-0.05, 0) is 42.0 Å². The van der Waals surface area contributed by atoms with Gasteiger partial charge in [0.1, 0.15) is 12.6 Å². The molecule has 1 aliphatic carbocycles. The maximum Gasteiger partial charge on any atom is 0.407 e. The van der Waals surface area contributed by atoms with E-state index in [-0.39, 0.29) is 18.9 Å². The molecule has 0 saturated heterocycles. The minimum atomic E-state index is -1.26. The molecular formula is C26H30N2O6. The van der Waals surface area contributed by atoms with Gasteiger partial charge in [0.25, 0.3) is 0 Å². The third-order valence-corrected chi connectivity index (χ3v) is 6.02. The average molecular weight is 467 g/mol. The fraction of sp³-hybridized carbons (Fsp3) is 0.346. The summed E-state index contributed by atoms with van der Waals surface area (Å²) in [6.07, 6.45) is 0.798. The van der Waals surface area contributed by atoms with E-state index in [0.29, 0.717) is 6.42 Å². The number of carbonyl (C=O) groups excluding carboxylic acids is 2. The summed E-state index contributed by atoms with van der Waals surface area (Å²) in [6, 6.07) is 13.7. The second kappa shape index (κ2) is 11.5. The van der Waals surface area contributed by atoms with Crippen molar-refractivity contribution < 1.29 is 29.0 Å². The van der Waals surface area contributed by atoms with Gasteiger partial charge >= 0.3 is 12.1 Å². The zero-order valence-corrected chi connectivity index (χ0v) is 19.3. The third-order valence-electron chi connectivity index (χ3n) is 6.02. The number of carbonyl (C=O) groups is 3. The summed E-state index contributed by atoms with van der Waals surface area (Å²) in [7, 11) is 1.36. The van der Waals surface area contributed by atoms with Gasteiger partial charge in [0.15, 0.2) is 6.04 Å². The number of ether oxygens (including phenoxy) is 2. The first-order chi connectivity index (χ1) is 16.4. The molecule has 8 heteroatoms. The molecule has 2 amide bonds. The molecule has 0 heterocycles. The van der Waals surface area contributed by atoms with Gasteiger partial charge in [-0.15, -0.1) is 6.58 Å². The van der Waals surface area contributed by atoms with Crippen LogP contribution in [0.4, 0.5) is 4.79 Å². The van der Waals surface area contributed by atoms with Gasteiger partial charge in [0, 0.05) is 13.0 Å². The number of hydrogen-bond acceptors (Lipinski definition) is 5. The van der Waals surface area contributed by atoms with E-state index in [1.807, 2.05) is 48.5 Å². The summed E-state index contributed by atoms with van der Waals surface area (Å²) < 4.78 is 10.6. The molecule has 0 fully saturated rings. The molecule has 1 aliphatic rings. The van der Waals surface area contributed by atoms with Gasteiger partial charge in [-0.25, -0.2) is 9.59 Å². The number of fused-ring (bicyclic) bond motifs is 3. The van der Waals surface area contributed by atoms with Crippen LogP contribution in [0.5, 0.6) is 0 Å². The molecule has 3 atom stereocenters. The van der Waals surface area contributed by atoms with Crippen molar-refractivity contribution in [2.45, 2.75) is 43.9 Å². The number of hydrogen-bond donors (Lipinski definition) is 3. The number of rotatable bonds is 11. The van der Waals surface area contributed by atoms with Crippen molar-refractivity contribution >= 4 is 18.0 Å². The molecule has 0 radical (unpaired) electrons. The lowest BCUT2D eigenvalue weighted by Crippen LogP contribution is -2.55. The number of aliphatic carboxylic acids is 1. The first-order valence-corrected chi connectivity index (χ1v) is 11.2. The predicted octanol–water partition coefficient (Wildman–Crippen LogP) is 3.46. The molecule has 3 unspecified atom stereocenters. The van der Waals surface area contributed by atoms with Crippen LogP contribution in [-0.2, 0) is 19.1 Å².